The summed E-state index contributed by atoms with van der Waals surface area (Å²) >= 11 is 1.30. The van der Waals surface area contributed by atoms with Crippen LogP contribution in [0.2, 0.25) is 0 Å². The molecule has 2 heterocycles. The zero-order valence-electron chi connectivity index (χ0n) is 16.2. The number of benzene rings is 2. The molecule has 4 rings (SSSR count). The van der Waals surface area contributed by atoms with Crippen LogP contribution in [0.3, 0.4) is 0 Å². The highest BCUT2D eigenvalue weighted by Crippen LogP contribution is 2.34. The highest BCUT2D eigenvalue weighted by Gasteiger charge is 2.23. The molecule has 0 aliphatic rings. The number of carbonyl (C=O) groups is 1. The molecule has 29 heavy (non-hydrogen) atoms. The van der Waals surface area contributed by atoms with Crippen LogP contribution in [-0.4, -0.2) is 45.2 Å². The summed E-state index contributed by atoms with van der Waals surface area (Å²) in [7, 11) is 3.01. The topological polar surface area (TPSA) is 82.0 Å². The number of H-pyrrole nitrogens is 1. The summed E-state index contributed by atoms with van der Waals surface area (Å²) in [5.74, 6) is 1.13. The highest BCUT2D eigenvalue weighted by molar-refractivity contribution is 8.00. The smallest absolute Gasteiger partial charge is 0.318 e. The lowest BCUT2D eigenvalue weighted by Crippen LogP contribution is -2.15. The fourth-order valence-corrected chi connectivity index (χ4v) is 4.01. The Hall–Kier alpha value is -3.26. The molecule has 0 saturated heterocycles. The maximum atomic E-state index is 11.9. The Kier molecular flexibility index (Phi) is 5.26. The van der Waals surface area contributed by atoms with E-state index in [0.29, 0.717) is 11.0 Å². The molecule has 1 atom stereocenters. The van der Waals surface area contributed by atoms with Gasteiger partial charge >= 0.3 is 5.97 Å². The van der Waals surface area contributed by atoms with Gasteiger partial charge in [-0.2, -0.15) is 0 Å². The predicted molar refractivity (Wildman–Crippen MR) is 113 cm³/mol. The average Bonchev–Trinajstić information content (AvgIpc) is 3.37. The Bertz CT molecular complexity index is 1150. The summed E-state index contributed by atoms with van der Waals surface area (Å²) in [5, 5.41) is 10.1. The van der Waals surface area contributed by atoms with Crippen LogP contribution >= 0.6 is 11.8 Å². The number of ether oxygens (including phenoxy) is 2. The van der Waals surface area contributed by atoms with E-state index in [9.17, 15) is 4.79 Å². The number of nitrogens with zero attached hydrogens (tertiary/aromatic N) is 3. The van der Waals surface area contributed by atoms with Gasteiger partial charge in [-0.05, 0) is 37.3 Å². The lowest BCUT2D eigenvalue weighted by Gasteiger charge is -2.13. The quantitative estimate of drug-likeness (QED) is 0.382. The van der Waals surface area contributed by atoms with Crippen LogP contribution in [0.5, 0.6) is 5.75 Å². The first-order valence-electron chi connectivity index (χ1n) is 9.03. The van der Waals surface area contributed by atoms with Crippen molar-refractivity contribution in [3.63, 3.8) is 0 Å². The second-order valence-electron chi connectivity index (χ2n) is 6.37. The molecule has 0 aliphatic heterocycles. The Balaban J connectivity index is 1.86. The van der Waals surface area contributed by atoms with Crippen LogP contribution in [0.1, 0.15) is 6.92 Å². The van der Waals surface area contributed by atoms with Crippen molar-refractivity contribution < 1.29 is 14.3 Å². The van der Waals surface area contributed by atoms with Crippen molar-refractivity contribution in [1.82, 2.24) is 19.7 Å². The number of nitrogens with one attached hydrogen (secondary N) is 1. The van der Waals surface area contributed by atoms with Crippen molar-refractivity contribution in [2.75, 3.05) is 14.2 Å². The molecule has 1 N–H and O–H groups in total. The maximum Gasteiger partial charge on any atom is 0.318 e. The fraction of sp³-hybridized carbons (Fsp3) is 0.190. The summed E-state index contributed by atoms with van der Waals surface area (Å²) in [6.07, 6.45) is 1.92. The lowest BCUT2D eigenvalue weighted by atomic mass is 10.1. The number of hydrogen-bond donors (Lipinski definition) is 1. The molecule has 148 valence electrons. The predicted octanol–water partition coefficient (Wildman–Crippen LogP) is 4.08. The SMILES string of the molecule is COC(=O)C(C)Sc1nnc(-c2c[nH]c3ccccc23)n1-c1ccc(OC)cc1. The standard InChI is InChI=1S/C21H20N4O3S/c1-13(20(26)28-3)29-21-24-23-19(17-12-22-18-7-5-4-6-16(17)18)25(21)14-8-10-15(27-2)11-9-14/h4-13,22H,1-3H3. The molecule has 2 aromatic carbocycles. The molecule has 0 spiro atoms. The molecule has 8 heteroatoms. The number of thioether (sulfide) groups is 1. The molecule has 0 aliphatic carbocycles. The third kappa shape index (κ3) is 3.58. The van der Waals surface area contributed by atoms with E-state index in [1.54, 1.807) is 14.0 Å². The van der Waals surface area contributed by atoms with Gasteiger partial charge in [0.15, 0.2) is 11.0 Å². The second kappa shape index (κ2) is 8.00. The molecule has 0 amide bonds. The molecule has 0 radical (unpaired) electrons. The Morgan fingerprint density at radius 3 is 2.59 bits per heavy atom. The van der Waals surface area contributed by atoms with Crippen LogP contribution < -0.4 is 4.74 Å². The van der Waals surface area contributed by atoms with Crippen LogP contribution in [-0.2, 0) is 9.53 Å². The molecular weight excluding hydrogens is 388 g/mol. The number of aromatic nitrogens is 4. The summed E-state index contributed by atoms with van der Waals surface area (Å²) in [6, 6.07) is 15.7. The van der Waals surface area contributed by atoms with E-state index in [1.807, 2.05) is 59.3 Å². The summed E-state index contributed by atoms with van der Waals surface area (Å²) in [4.78, 5) is 15.2. The number of esters is 1. The van der Waals surface area contributed by atoms with E-state index < -0.39 is 5.25 Å². The van der Waals surface area contributed by atoms with Gasteiger partial charge in [0.05, 0.1) is 14.2 Å². The average molecular weight is 408 g/mol. The van der Waals surface area contributed by atoms with Gasteiger partial charge < -0.3 is 14.5 Å². The van der Waals surface area contributed by atoms with E-state index in [2.05, 4.69) is 15.2 Å². The van der Waals surface area contributed by atoms with Gasteiger partial charge in [0.25, 0.3) is 0 Å². The van der Waals surface area contributed by atoms with Crippen LogP contribution in [0, 0.1) is 0 Å². The van der Waals surface area contributed by atoms with Gasteiger partial charge in [0.1, 0.15) is 11.0 Å². The van der Waals surface area contributed by atoms with Crippen LogP contribution in [0.25, 0.3) is 28.0 Å². The van der Waals surface area contributed by atoms with E-state index >= 15 is 0 Å². The normalized spacial score (nSPS) is 12.1. The Morgan fingerprint density at radius 1 is 1.10 bits per heavy atom. The summed E-state index contributed by atoms with van der Waals surface area (Å²) in [6.45, 7) is 1.79. The maximum absolute atomic E-state index is 11.9. The van der Waals surface area contributed by atoms with Gasteiger partial charge in [0, 0.05) is 28.4 Å². The van der Waals surface area contributed by atoms with Gasteiger partial charge in [-0.1, -0.05) is 30.0 Å². The van der Waals surface area contributed by atoms with Crippen molar-refractivity contribution in [3.05, 3.63) is 54.7 Å². The number of carbonyl (C=O) groups excluding carboxylic acids is 1. The third-order valence-corrected chi connectivity index (χ3v) is 5.63. The third-order valence-electron chi connectivity index (χ3n) is 4.61. The number of fused-ring (bicyclic) bond motifs is 1. The molecule has 7 nitrogen and oxygen atoms in total. The van der Waals surface area contributed by atoms with E-state index in [4.69, 9.17) is 9.47 Å². The van der Waals surface area contributed by atoms with E-state index in [-0.39, 0.29) is 5.97 Å². The summed E-state index contributed by atoms with van der Waals surface area (Å²) in [5.41, 5.74) is 2.82. The number of rotatable bonds is 6. The first-order chi connectivity index (χ1) is 14.1. The fourth-order valence-electron chi connectivity index (χ4n) is 3.11. The van der Waals surface area contributed by atoms with Crippen molar-refractivity contribution in [2.24, 2.45) is 0 Å². The van der Waals surface area contributed by atoms with Gasteiger partial charge in [0.2, 0.25) is 0 Å². The van der Waals surface area contributed by atoms with Gasteiger partial charge in [-0.25, -0.2) is 0 Å². The number of aromatic amines is 1. The molecule has 0 fully saturated rings. The number of para-hydroxylation sites is 1. The zero-order chi connectivity index (χ0) is 20.4. The monoisotopic (exact) mass is 408 g/mol. The van der Waals surface area contributed by atoms with Crippen LogP contribution in [0.15, 0.2) is 59.9 Å². The molecular formula is C21H20N4O3S. The van der Waals surface area contributed by atoms with Crippen LogP contribution in [0.4, 0.5) is 0 Å². The van der Waals surface area contributed by atoms with E-state index in [0.717, 1.165) is 27.9 Å². The minimum absolute atomic E-state index is 0.312. The highest BCUT2D eigenvalue weighted by atomic mass is 32.2. The molecule has 0 bridgehead atoms. The minimum Gasteiger partial charge on any atom is -0.497 e. The largest absolute Gasteiger partial charge is 0.497 e. The Morgan fingerprint density at radius 2 is 1.86 bits per heavy atom. The second-order valence-corrected chi connectivity index (χ2v) is 7.68. The molecule has 0 saturated carbocycles. The van der Waals surface area contributed by atoms with Crippen molar-refractivity contribution in [3.8, 4) is 22.8 Å². The first-order valence-corrected chi connectivity index (χ1v) is 9.91. The number of hydrogen-bond acceptors (Lipinski definition) is 6. The lowest BCUT2D eigenvalue weighted by molar-refractivity contribution is -0.139. The van der Waals surface area contributed by atoms with Gasteiger partial charge in [-0.15, -0.1) is 10.2 Å². The minimum atomic E-state index is -0.419. The number of methoxy groups -OCH3 is 2. The zero-order valence-corrected chi connectivity index (χ0v) is 17.1. The van der Waals surface area contributed by atoms with Crippen molar-refractivity contribution in [1.29, 1.82) is 0 Å². The molecule has 4 aromatic rings. The van der Waals surface area contributed by atoms with Crippen molar-refractivity contribution >= 4 is 28.6 Å². The summed E-state index contributed by atoms with van der Waals surface area (Å²) < 4.78 is 12.1. The van der Waals surface area contributed by atoms with Gasteiger partial charge in [-0.3, -0.25) is 9.36 Å². The Labute approximate surface area is 172 Å². The molecule has 1 unspecified atom stereocenters. The molecule has 2 aromatic heterocycles. The van der Waals surface area contributed by atoms with Crippen molar-refractivity contribution in [2.45, 2.75) is 17.3 Å². The first kappa shape index (κ1) is 19.1. The van der Waals surface area contributed by atoms with E-state index in [1.165, 1.54) is 18.9 Å².